The van der Waals surface area contributed by atoms with Crippen LogP contribution in [0.15, 0.2) is 12.1 Å². The van der Waals surface area contributed by atoms with E-state index in [2.05, 4.69) is 30.6 Å². The first-order valence-electron chi connectivity index (χ1n) is 5.75. The van der Waals surface area contributed by atoms with Gasteiger partial charge in [0.05, 0.1) is 17.1 Å². The van der Waals surface area contributed by atoms with Gasteiger partial charge in [0.25, 0.3) is 0 Å². The Bertz CT molecular complexity index is 626. The Hall–Kier alpha value is -1.75. The van der Waals surface area contributed by atoms with Crippen molar-refractivity contribution in [1.29, 1.82) is 5.26 Å². The second kappa shape index (κ2) is 3.12. The number of benzene rings is 1. The molecule has 2 nitrogen and oxygen atoms in total. The molecular formula is C14H14N2. The van der Waals surface area contributed by atoms with E-state index in [4.69, 9.17) is 5.26 Å². The molecule has 0 atom stereocenters. The van der Waals surface area contributed by atoms with E-state index in [1.54, 1.807) is 0 Å². The third kappa shape index (κ3) is 1.06. The molecule has 2 heterocycles. The van der Waals surface area contributed by atoms with Crippen LogP contribution in [0.5, 0.6) is 0 Å². The fourth-order valence-electron chi connectivity index (χ4n) is 2.83. The monoisotopic (exact) mass is 210 g/mol. The average Bonchev–Trinajstić information content (AvgIpc) is 2.56. The van der Waals surface area contributed by atoms with Gasteiger partial charge in [-0.1, -0.05) is 0 Å². The lowest BCUT2D eigenvalue weighted by Gasteiger charge is -2.17. The predicted octanol–water partition coefficient (Wildman–Crippen LogP) is 3.08. The highest BCUT2D eigenvalue weighted by Crippen LogP contribution is 2.32. The molecule has 1 aliphatic rings. The summed E-state index contributed by atoms with van der Waals surface area (Å²) in [7, 11) is 0. The van der Waals surface area contributed by atoms with E-state index >= 15 is 0 Å². The predicted molar refractivity (Wildman–Crippen MR) is 64.4 cm³/mol. The third-order valence-corrected chi connectivity index (χ3v) is 3.77. The van der Waals surface area contributed by atoms with E-state index < -0.39 is 0 Å². The highest BCUT2D eigenvalue weighted by Gasteiger charge is 2.18. The molecule has 2 heteroatoms. The summed E-state index contributed by atoms with van der Waals surface area (Å²) >= 11 is 0. The van der Waals surface area contributed by atoms with E-state index in [0.29, 0.717) is 0 Å². The van der Waals surface area contributed by atoms with Crippen molar-refractivity contribution in [2.45, 2.75) is 33.2 Å². The van der Waals surface area contributed by atoms with Crippen molar-refractivity contribution >= 4 is 10.9 Å². The minimum absolute atomic E-state index is 0.796. The molecule has 0 saturated carbocycles. The van der Waals surface area contributed by atoms with Gasteiger partial charge >= 0.3 is 0 Å². The summed E-state index contributed by atoms with van der Waals surface area (Å²) in [5.74, 6) is 0. The smallest absolute Gasteiger partial charge is 0.0991 e. The zero-order valence-corrected chi connectivity index (χ0v) is 9.67. The summed E-state index contributed by atoms with van der Waals surface area (Å²) in [6.45, 7) is 5.45. The summed E-state index contributed by atoms with van der Waals surface area (Å²) < 4.78 is 2.41. The minimum Gasteiger partial charge on any atom is -0.344 e. The number of hydrogen-bond donors (Lipinski definition) is 0. The van der Waals surface area contributed by atoms with Gasteiger partial charge in [0.15, 0.2) is 0 Å². The van der Waals surface area contributed by atoms with Gasteiger partial charge in [-0.15, -0.1) is 0 Å². The van der Waals surface area contributed by atoms with Gasteiger partial charge in [0, 0.05) is 17.6 Å². The van der Waals surface area contributed by atoms with Crippen LogP contribution in [0.25, 0.3) is 10.9 Å². The second-order valence-corrected chi connectivity index (χ2v) is 4.61. The molecular weight excluding hydrogens is 196 g/mol. The molecule has 3 rings (SSSR count). The minimum atomic E-state index is 0.796. The molecule has 80 valence electrons. The number of nitriles is 1. The highest BCUT2D eigenvalue weighted by atomic mass is 15.0. The first kappa shape index (κ1) is 9.47. The van der Waals surface area contributed by atoms with Crippen molar-refractivity contribution in [3.8, 4) is 6.07 Å². The van der Waals surface area contributed by atoms with Crippen LogP contribution in [0.3, 0.4) is 0 Å². The average molecular weight is 210 g/mol. The Labute approximate surface area is 95.1 Å². The van der Waals surface area contributed by atoms with E-state index in [1.807, 2.05) is 6.07 Å². The second-order valence-electron chi connectivity index (χ2n) is 4.61. The van der Waals surface area contributed by atoms with Gasteiger partial charge in [0.2, 0.25) is 0 Å². The van der Waals surface area contributed by atoms with Crippen molar-refractivity contribution in [3.05, 3.63) is 34.5 Å². The molecule has 0 bridgehead atoms. The Morgan fingerprint density at radius 2 is 2.12 bits per heavy atom. The van der Waals surface area contributed by atoms with Gasteiger partial charge in [-0.05, 0) is 49.9 Å². The van der Waals surface area contributed by atoms with Crippen LogP contribution in [0.1, 0.15) is 28.8 Å². The quantitative estimate of drug-likeness (QED) is 0.657. The summed E-state index contributed by atoms with van der Waals surface area (Å²) in [6.07, 6.45) is 2.29. The maximum Gasteiger partial charge on any atom is 0.0991 e. The standard InChI is InChI=1S/C14H14N2/c1-9-10(2)16-5-3-4-12-6-11(8-15)7-13(9)14(12)16/h6-7H,3-5H2,1-2H3. The number of aryl methyl sites for hydroxylation is 3. The van der Waals surface area contributed by atoms with E-state index in [9.17, 15) is 0 Å². The van der Waals surface area contributed by atoms with Crippen molar-refractivity contribution in [2.24, 2.45) is 0 Å². The molecule has 2 aromatic rings. The molecule has 1 aromatic heterocycles. The van der Waals surface area contributed by atoms with Crippen LogP contribution in [0.4, 0.5) is 0 Å². The Morgan fingerprint density at radius 3 is 2.88 bits per heavy atom. The van der Waals surface area contributed by atoms with Gasteiger partial charge in [0.1, 0.15) is 0 Å². The lowest BCUT2D eigenvalue weighted by molar-refractivity contribution is 0.622. The van der Waals surface area contributed by atoms with Crippen LogP contribution in [0, 0.1) is 25.2 Å². The van der Waals surface area contributed by atoms with Gasteiger partial charge in [-0.2, -0.15) is 5.26 Å². The number of rotatable bonds is 0. The third-order valence-electron chi connectivity index (χ3n) is 3.77. The maximum atomic E-state index is 9.05. The summed E-state index contributed by atoms with van der Waals surface area (Å²) in [5.41, 5.74) is 6.18. The normalized spacial score (nSPS) is 14.1. The highest BCUT2D eigenvalue weighted by molar-refractivity contribution is 5.89. The molecule has 1 aromatic carbocycles. The van der Waals surface area contributed by atoms with Crippen molar-refractivity contribution < 1.29 is 0 Å². The van der Waals surface area contributed by atoms with Crippen molar-refractivity contribution in [2.75, 3.05) is 0 Å². The Balaban J connectivity index is 2.51. The molecule has 0 aliphatic carbocycles. The van der Waals surface area contributed by atoms with Crippen molar-refractivity contribution in [3.63, 3.8) is 0 Å². The fourth-order valence-corrected chi connectivity index (χ4v) is 2.83. The fraction of sp³-hybridized carbons (Fsp3) is 0.357. The van der Waals surface area contributed by atoms with Crippen LogP contribution in [0.2, 0.25) is 0 Å². The molecule has 0 saturated heterocycles. The van der Waals surface area contributed by atoms with E-state index in [0.717, 1.165) is 18.5 Å². The molecule has 16 heavy (non-hydrogen) atoms. The maximum absolute atomic E-state index is 9.05. The molecule has 0 radical (unpaired) electrons. The summed E-state index contributed by atoms with van der Waals surface area (Å²) in [4.78, 5) is 0. The molecule has 0 fully saturated rings. The number of aromatic nitrogens is 1. The van der Waals surface area contributed by atoms with Crippen molar-refractivity contribution in [1.82, 2.24) is 4.57 Å². The lowest BCUT2D eigenvalue weighted by Crippen LogP contribution is -2.08. The lowest BCUT2D eigenvalue weighted by atomic mass is 10.00. The first-order chi connectivity index (χ1) is 7.72. The molecule has 0 spiro atoms. The van der Waals surface area contributed by atoms with Gasteiger partial charge in [-0.25, -0.2) is 0 Å². The van der Waals surface area contributed by atoms with Gasteiger partial charge in [-0.3, -0.25) is 0 Å². The molecule has 0 N–H and O–H groups in total. The van der Waals surface area contributed by atoms with E-state index in [-0.39, 0.29) is 0 Å². The summed E-state index contributed by atoms with van der Waals surface area (Å²) in [5, 5.41) is 10.3. The van der Waals surface area contributed by atoms with Gasteiger partial charge < -0.3 is 4.57 Å². The van der Waals surface area contributed by atoms with Crippen LogP contribution in [-0.4, -0.2) is 4.57 Å². The van der Waals surface area contributed by atoms with Crippen LogP contribution in [-0.2, 0) is 13.0 Å². The van der Waals surface area contributed by atoms with Crippen LogP contribution >= 0.6 is 0 Å². The number of nitrogens with zero attached hydrogens (tertiary/aromatic N) is 2. The first-order valence-corrected chi connectivity index (χ1v) is 5.75. The zero-order valence-electron chi connectivity index (χ0n) is 9.67. The van der Waals surface area contributed by atoms with E-state index in [1.165, 1.54) is 34.1 Å². The Kier molecular flexibility index (Phi) is 1.85. The molecule has 1 aliphatic heterocycles. The molecule has 0 unspecified atom stereocenters. The zero-order chi connectivity index (χ0) is 11.3. The number of hydrogen-bond acceptors (Lipinski definition) is 1. The SMILES string of the molecule is Cc1c(C)n2c3c(cc(C#N)cc13)CCC2. The topological polar surface area (TPSA) is 28.7 Å². The largest absolute Gasteiger partial charge is 0.344 e. The van der Waals surface area contributed by atoms with Crippen LogP contribution < -0.4 is 0 Å². The molecule has 0 amide bonds. The Morgan fingerprint density at radius 1 is 1.31 bits per heavy atom. The summed E-state index contributed by atoms with van der Waals surface area (Å²) in [6, 6.07) is 6.35.